The van der Waals surface area contributed by atoms with Gasteiger partial charge in [0, 0.05) is 12.6 Å². The first-order valence-corrected chi connectivity index (χ1v) is 8.30. The summed E-state index contributed by atoms with van der Waals surface area (Å²) in [6, 6.07) is 16.3. The van der Waals surface area contributed by atoms with Crippen molar-refractivity contribution in [2.45, 2.75) is 20.3 Å². The summed E-state index contributed by atoms with van der Waals surface area (Å²) < 4.78 is 7.19. The number of amides is 1. The third kappa shape index (κ3) is 3.80. The van der Waals surface area contributed by atoms with E-state index in [1.807, 2.05) is 37.3 Å². The van der Waals surface area contributed by atoms with Crippen LogP contribution in [-0.2, 0) is 11.2 Å². The highest BCUT2D eigenvalue weighted by molar-refractivity contribution is 5.92. The van der Waals surface area contributed by atoms with Gasteiger partial charge in [-0.05, 0) is 42.8 Å². The Balaban J connectivity index is 1.80. The largest absolute Gasteiger partial charge is 0.423 e. The summed E-state index contributed by atoms with van der Waals surface area (Å²) in [5.41, 5.74) is 2.75. The summed E-state index contributed by atoms with van der Waals surface area (Å²) in [5.74, 6) is -0.217. The van der Waals surface area contributed by atoms with Crippen molar-refractivity contribution in [1.29, 1.82) is 0 Å². The first-order valence-electron chi connectivity index (χ1n) is 8.30. The summed E-state index contributed by atoms with van der Waals surface area (Å²) in [6.45, 7) is 3.40. The van der Waals surface area contributed by atoms with Gasteiger partial charge in [0.2, 0.25) is 5.91 Å². The molecule has 1 aromatic heterocycles. The van der Waals surface area contributed by atoms with Crippen LogP contribution in [-0.4, -0.2) is 21.7 Å². The topological polar surface area (TPSA) is 73.2 Å². The van der Waals surface area contributed by atoms with Crippen LogP contribution in [0.25, 0.3) is 5.69 Å². The molecule has 3 aromatic rings. The van der Waals surface area contributed by atoms with Crippen LogP contribution < -0.4 is 10.1 Å². The second-order valence-corrected chi connectivity index (χ2v) is 5.70. The van der Waals surface area contributed by atoms with E-state index in [2.05, 4.69) is 10.4 Å². The third-order valence-electron chi connectivity index (χ3n) is 3.81. The van der Waals surface area contributed by atoms with Crippen molar-refractivity contribution in [3.63, 3.8) is 0 Å². The molecule has 0 unspecified atom stereocenters. The molecule has 3 rings (SSSR count). The Morgan fingerprint density at radius 3 is 2.38 bits per heavy atom. The van der Waals surface area contributed by atoms with Crippen molar-refractivity contribution in [3.8, 4) is 11.4 Å². The second kappa shape index (κ2) is 7.65. The average molecular weight is 349 g/mol. The normalized spacial score (nSPS) is 10.4. The van der Waals surface area contributed by atoms with Crippen LogP contribution in [0.15, 0.2) is 60.8 Å². The number of carbonyl (C=O) groups excluding carboxylic acids is 2. The van der Waals surface area contributed by atoms with Crippen molar-refractivity contribution in [2.75, 3.05) is 5.32 Å². The molecule has 0 aliphatic carbocycles. The average Bonchev–Trinajstić information content (AvgIpc) is 3.08. The van der Waals surface area contributed by atoms with Gasteiger partial charge < -0.3 is 10.1 Å². The molecular weight excluding hydrogens is 330 g/mol. The number of carbonyl (C=O) groups is 2. The van der Waals surface area contributed by atoms with E-state index in [1.165, 1.54) is 13.1 Å². The van der Waals surface area contributed by atoms with Crippen molar-refractivity contribution >= 4 is 17.6 Å². The minimum atomic E-state index is -0.462. The Morgan fingerprint density at radius 1 is 1.08 bits per heavy atom. The maximum Gasteiger partial charge on any atom is 0.347 e. The fourth-order valence-corrected chi connectivity index (χ4v) is 2.65. The Hall–Kier alpha value is -3.41. The van der Waals surface area contributed by atoms with Gasteiger partial charge in [-0.2, -0.15) is 5.10 Å². The van der Waals surface area contributed by atoms with Gasteiger partial charge in [0.05, 0.1) is 17.6 Å². The van der Waals surface area contributed by atoms with Gasteiger partial charge >= 0.3 is 5.97 Å². The molecule has 2 aromatic carbocycles. The van der Waals surface area contributed by atoms with E-state index in [9.17, 15) is 9.59 Å². The zero-order chi connectivity index (χ0) is 18.5. The van der Waals surface area contributed by atoms with E-state index in [1.54, 1.807) is 28.9 Å². The lowest BCUT2D eigenvalue weighted by molar-refractivity contribution is -0.114. The summed E-state index contributed by atoms with van der Waals surface area (Å²) in [7, 11) is 0. The molecule has 1 heterocycles. The molecule has 6 nitrogen and oxygen atoms in total. The van der Waals surface area contributed by atoms with Crippen LogP contribution in [0.5, 0.6) is 5.75 Å². The first-order chi connectivity index (χ1) is 12.6. The minimum Gasteiger partial charge on any atom is -0.423 e. The molecule has 0 radical (unpaired) electrons. The fourth-order valence-electron chi connectivity index (χ4n) is 2.65. The van der Waals surface area contributed by atoms with E-state index in [0.717, 1.165) is 11.4 Å². The quantitative estimate of drug-likeness (QED) is 0.564. The molecule has 0 saturated carbocycles. The molecule has 1 N–H and O–H groups in total. The first kappa shape index (κ1) is 17.4. The van der Waals surface area contributed by atoms with Crippen molar-refractivity contribution in [1.82, 2.24) is 9.78 Å². The Bertz CT molecular complexity index is 915. The van der Waals surface area contributed by atoms with Crippen LogP contribution in [0.1, 0.15) is 29.9 Å². The minimum absolute atomic E-state index is 0.157. The molecule has 26 heavy (non-hydrogen) atoms. The summed E-state index contributed by atoms with van der Waals surface area (Å²) in [4.78, 5) is 23.6. The van der Waals surface area contributed by atoms with Crippen LogP contribution in [0.4, 0.5) is 5.69 Å². The monoisotopic (exact) mass is 349 g/mol. The Kier molecular flexibility index (Phi) is 5.12. The van der Waals surface area contributed by atoms with Gasteiger partial charge in [-0.3, -0.25) is 4.79 Å². The van der Waals surface area contributed by atoms with E-state index < -0.39 is 5.97 Å². The molecule has 132 valence electrons. The number of ether oxygens (including phenoxy) is 1. The van der Waals surface area contributed by atoms with Crippen LogP contribution >= 0.6 is 0 Å². The lowest BCUT2D eigenvalue weighted by Gasteiger charge is -2.08. The predicted octanol–water partition coefficient (Wildman–Crippen LogP) is 3.61. The van der Waals surface area contributed by atoms with Gasteiger partial charge in [0.15, 0.2) is 0 Å². The number of benzene rings is 2. The molecule has 0 aliphatic heterocycles. The van der Waals surface area contributed by atoms with E-state index in [-0.39, 0.29) is 5.91 Å². The van der Waals surface area contributed by atoms with E-state index >= 15 is 0 Å². The van der Waals surface area contributed by atoms with Crippen molar-refractivity contribution < 1.29 is 14.3 Å². The predicted molar refractivity (Wildman–Crippen MR) is 98.6 cm³/mol. The molecule has 0 spiro atoms. The number of nitrogens with zero attached hydrogens (tertiary/aromatic N) is 2. The SMILES string of the molecule is CCc1c(C(=O)Oc2ccc(NC(C)=O)cc2)cnn1-c1ccccc1. The molecule has 0 fully saturated rings. The maximum atomic E-state index is 12.6. The highest BCUT2D eigenvalue weighted by Gasteiger charge is 2.19. The van der Waals surface area contributed by atoms with Crippen molar-refractivity contribution in [3.05, 3.63) is 72.1 Å². The number of aromatic nitrogens is 2. The van der Waals surface area contributed by atoms with Gasteiger partial charge in [0.1, 0.15) is 11.3 Å². The molecule has 0 atom stereocenters. The molecule has 6 heteroatoms. The molecule has 0 aliphatic rings. The molecule has 0 saturated heterocycles. The number of esters is 1. The summed E-state index contributed by atoms with van der Waals surface area (Å²) in [5, 5.41) is 7.00. The van der Waals surface area contributed by atoms with Crippen LogP contribution in [0, 0.1) is 0 Å². The number of para-hydroxylation sites is 1. The summed E-state index contributed by atoms with van der Waals surface area (Å²) in [6.07, 6.45) is 2.17. The number of anilines is 1. The lowest BCUT2D eigenvalue weighted by atomic mass is 10.2. The lowest BCUT2D eigenvalue weighted by Crippen LogP contribution is -2.12. The standard InChI is InChI=1S/C20H19N3O3/c1-3-19-18(13-21-23(19)16-7-5-4-6-8-16)20(25)26-17-11-9-15(10-12-17)22-14(2)24/h4-13H,3H2,1-2H3,(H,22,24). The fraction of sp³-hybridized carbons (Fsp3) is 0.150. The van der Waals surface area contributed by atoms with Gasteiger partial charge in [-0.15, -0.1) is 0 Å². The van der Waals surface area contributed by atoms with Gasteiger partial charge in [-0.1, -0.05) is 25.1 Å². The highest BCUT2D eigenvalue weighted by atomic mass is 16.5. The highest BCUT2D eigenvalue weighted by Crippen LogP contribution is 2.20. The van der Waals surface area contributed by atoms with E-state index in [4.69, 9.17) is 4.74 Å². The zero-order valence-electron chi connectivity index (χ0n) is 14.6. The molecule has 1 amide bonds. The molecular formula is C20H19N3O3. The maximum absolute atomic E-state index is 12.6. The van der Waals surface area contributed by atoms with Gasteiger partial charge in [0.25, 0.3) is 0 Å². The zero-order valence-corrected chi connectivity index (χ0v) is 14.6. The number of rotatable bonds is 5. The Morgan fingerprint density at radius 2 is 1.77 bits per heavy atom. The van der Waals surface area contributed by atoms with Crippen LogP contribution in [0.2, 0.25) is 0 Å². The van der Waals surface area contributed by atoms with Crippen molar-refractivity contribution in [2.24, 2.45) is 0 Å². The number of nitrogens with one attached hydrogen (secondary N) is 1. The smallest absolute Gasteiger partial charge is 0.347 e. The number of hydrogen-bond acceptors (Lipinski definition) is 4. The third-order valence-corrected chi connectivity index (χ3v) is 3.81. The second-order valence-electron chi connectivity index (χ2n) is 5.70. The summed E-state index contributed by atoms with van der Waals surface area (Å²) >= 11 is 0. The van der Waals surface area contributed by atoms with Gasteiger partial charge in [-0.25, -0.2) is 9.48 Å². The van der Waals surface area contributed by atoms with Crippen LogP contribution in [0.3, 0.4) is 0 Å². The Labute approximate surface area is 151 Å². The van der Waals surface area contributed by atoms with E-state index in [0.29, 0.717) is 23.4 Å². The molecule has 0 bridgehead atoms. The number of hydrogen-bond donors (Lipinski definition) is 1.